The van der Waals surface area contributed by atoms with Gasteiger partial charge in [-0.3, -0.25) is 14.3 Å². The van der Waals surface area contributed by atoms with E-state index in [4.69, 9.17) is 18.5 Å². The van der Waals surface area contributed by atoms with Crippen molar-refractivity contribution in [3.8, 4) is 0 Å². The van der Waals surface area contributed by atoms with Gasteiger partial charge in [0.05, 0.1) is 6.10 Å². The zero-order chi connectivity index (χ0) is 22.2. The molecule has 3 fully saturated rings. The van der Waals surface area contributed by atoms with E-state index in [-0.39, 0.29) is 12.2 Å². The largest absolute Gasteiger partial charge is 0.374 e. The third kappa shape index (κ3) is 3.87. The summed E-state index contributed by atoms with van der Waals surface area (Å²) in [6.07, 6.45) is 2.39. The van der Waals surface area contributed by atoms with Crippen molar-refractivity contribution >= 4 is 8.53 Å². The first-order chi connectivity index (χ1) is 15.6. The van der Waals surface area contributed by atoms with Crippen LogP contribution in [-0.2, 0) is 18.5 Å². The van der Waals surface area contributed by atoms with Crippen LogP contribution in [0, 0.1) is 0 Å². The van der Waals surface area contributed by atoms with E-state index in [0.717, 1.165) is 24.9 Å². The summed E-state index contributed by atoms with van der Waals surface area (Å²) in [5.41, 5.74) is 0.174. The first-order valence-electron chi connectivity index (χ1n) is 11.1. The summed E-state index contributed by atoms with van der Waals surface area (Å²) in [6, 6.07) is 11.9. The Hall–Kier alpha value is -1.87. The van der Waals surface area contributed by atoms with Crippen molar-refractivity contribution in [1.82, 2.24) is 14.2 Å². The number of H-pyrrole nitrogens is 1. The number of methoxy groups -OCH3 is 1. The van der Waals surface area contributed by atoms with Crippen molar-refractivity contribution in [2.45, 2.75) is 62.9 Å². The van der Waals surface area contributed by atoms with Crippen LogP contribution >= 0.6 is 8.53 Å². The molecule has 0 radical (unpaired) electrons. The maximum Gasteiger partial charge on any atom is 0.330 e. The number of aromatic amines is 1. The molecule has 1 aromatic heterocycles. The van der Waals surface area contributed by atoms with Crippen LogP contribution < -0.4 is 11.2 Å². The molecule has 5 rings (SSSR count). The van der Waals surface area contributed by atoms with E-state index >= 15 is 0 Å². The summed E-state index contributed by atoms with van der Waals surface area (Å²) in [6.45, 7) is 2.95. The first-order valence-corrected chi connectivity index (χ1v) is 12.2. The topological polar surface area (TPSA) is 95.0 Å². The molecule has 32 heavy (non-hydrogen) atoms. The van der Waals surface area contributed by atoms with Gasteiger partial charge in [0.15, 0.2) is 6.23 Å². The van der Waals surface area contributed by atoms with Gasteiger partial charge < -0.3 is 18.5 Å². The van der Waals surface area contributed by atoms with Crippen LogP contribution in [0.4, 0.5) is 0 Å². The standard InChI is InChI=1S/C22H28N3O6P/c1-3-16-19(20(28-2)21(29-16)24-13-11-17(26)23-22(24)27)31-32-25-12-7-10-15(25)18(30-32)14-8-5-4-6-9-14/h4-6,8-9,11,13,15-16,18-21H,3,7,10,12H2,1-2H3,(H,23,26,27)/t15-,16+,18+,19-,20?,21+,32+/m0/s1. The molecule has 10 heteroatoms. The van der Waals surface area contributed by atoms with Gasteiger partial charge in [0.1, 0.15) is 18.3 Å². The molecule has 0 spiro atoms. The Labute approximate surface area is 187 Å². The van der Waals surface area contributed by atoms with E-state index in [9.17, 15) is 9.59 Å². The van der Waals surface area contributed by atoms with E-state index in [0.29, 0.717) is 12.5 Å². The maximum atomic E-state index is 12.4. The molecule has 0 amide bonds. The second kappa shape index (κ2) is 9.17. The number of benzene rings is 1. The van der Waals surface area contributed by atoms with Gasteiger partial charge in [-0.15, -0.1) is 0 Å². The number of fused-ring (bicyclic) bond motifs is 1. The lowest BCUT2D eigenvalue weighted by atomic mass is 10.0. The van der Waals surface area contributed by atoms with Crippen LogP contribution in [0.1, 0.15) is 44.1 Å². The van der Waals surface area contributed by atoms with E-state index in [1.54, 1.807) is 7.11 Å². The number of nitrogens with one attached hydrogen (secondary N) is 1. The minimum absolute atomic E-state index is 0.0224. The van der Waals surface area contributed by atoms with E-state index in [1.807, 2.05) is 25.1 Å². The van der Waals surface area contributed by atoms with E-state index in [1.165, 1.54) is 16.8 Å². The highest BCUT2D eigenvalue weighted by molar-refractivity contribution is 7.45. The first kappa shape index (κ1) is 21.9. The average molecular weight is 461 g/mol. The van der Waals surface area contributed by atoms with Crippen LogP contribution in [0.15, 0.2) is 52.2 Å². The highest BCUT2D eigenvalue weighted by Crippen LogP contribution is 2.61. The molecule has 2 aromatic rings. The fraction of sp³-hybridized carbons (Fsp3) is 0.545. The summed E-state index contributed by atoms with van der Waals surface area (Å²) in [4.78, 5) is 26.2. The fourth-order valence-corrected chi connectivity index (χ4v) is 6.89. The highest BCUT2D eigenvalue weighted by Gasteiger charge is 2.53. The van der Waals surface area contributed by atoms with Crippen molar-refractivity contribution in [2.24, 2.45) is 0 Å². The number of ether oxygens (including phenoxy) is 2. The molecule has 0 aliphatic carbocycles. The van der Waals surface area contributed by atoms with Gasteiger partial charge in [-0.25, -0.2) is 9.46 Å². The van der Waals surface area contributed by atoms with Crippen LogP contribution in [-0.4, -0.2) is 52.2 Å². The number of hydrogen-bond acceptors (Lipinski definition) is 7. The zero-order valence-corrected chi connectivity index (χ0v) is 19.0. The molecule has 172 valence electrons. The average Bonchev–Trinajstić information content (AvgIpc) is 3.49. The number of aromatic nitrogens is 2. The van der Waals surface area contributed by atoms with Gasteiger partial charge in [-0.05, 0) is 24.8 Å². The van der Waals surface area contributed by atoms with Crippen molar-refractivity contribution < 1.29 is 18.5 Å². The lowest BCUT2D eigenvalue weighted by Crippen LogP contribution is -2.39. The van der Waals surface area contributed by atoms with Crippen LogP contribution in [0.3, 0.4) is 0 Å². The molecule has 9 nitrogen and oxygen atoms in total. The molecular formula is C22H28N3O6P. The Morgan fingerprint density at radius 3 is 2.72 bits per heavy atom. The second-order valence-corrected chi connectivity index (χ2v) is 9.72. The van der Waals surface area contributed by atoms with Crippen molar-refractivity contribution in [3.63, 3.8) is 0 Å². The molecule has 3 aliphatic rings. The van der Waals surface area contributed by atoms with Gasteiger partial charge in [0.25, 0.3) is 14.1 Å². The summed E-state index contributed by atoms with van der Waals surface area (Å²) in [7, 11) is 0.287. The number of nitrogens with zero attached hydrogens (tertiary/aromatic N) is 2. The van der Waals surface area contributed by atoms with Gasteiger partial charge in [0.2, 0.25) is 0 Å². The quantitative estimate of drug-likeness (QED) is 0.661. The second-order valence-electron chi connectivity index (χ2n) is 8.31. The van der Waals surface area contributed by atoms with Crippen molar-refractivity contribution in [3.05, 3.63) is 69.0 Å². The molecule has 7 atom stereocenters. The highest BCUT2D eigenvalue weighted by atomic mass is 31.2. The predicted octanol–water partition coefficient (Wildman–Crippen LogP) is 2.71. The van der Waals surface area contributed by atoms with E-state index in [2.05, 4.69) is 21.8 Å². The third-order valence-electron chi connectivity index (χ3n) is 6.46. The minimum atomic E-state index is -1.30. The molecular weight excluding hydrogens is 433 g/mol. The molecule has 0 saturated carbocycles. The fourth-order valence-electron chi connectivity index (χ4n) is 4.90. The molecule has 1 aromatic carbocycles. The minimum Gasteiger partial charge on any atom is -0.374 e. The normalized spacial score (nSPS) is 34.8. The molecule has 1 unspecified atom stereocenters. The van der Waals surface area contributed by atoms with Gasteiger partial charge in [-0.2, -0.15) is 0 Å². The molecule has 1 N–H and O–H groups in total. The van der Waals surface area contributed by atoms with Crippen molar-refractivity contribution in [2.75, 3.05) is 13.7 Å². The summed E-state index contributed by atoms with van der Waals surface area (Å²) >= 11 is 0. The molecule has 0 bridgehead atoms. The summed E-state index contributed by atoms with van der Waals surface area (Å²) < 4.78 is 28.7. The maximum absolute atomic E-state index is 12.4. The van der Waals surface area contributed by atoms with Gasteiger partial charge in [-0.1, -0.05) is 37.3 Å². The Balaban J connectivity index is 1.40. The summed E-state index contributed by atoms with van der Waals surface area (Å²) in [5.74, 6) is 0. The smallest absolute Gasteiger partial charge is 0.330 e. The Morgan fingerprint density at radius 1 is 1.19 bits per heavy atom. The van der Waals surface area contributed by atoms with Crippen LogP contribution in [0.5, 0.6) is 0 Å². The van der Waals surface area contributed by atoms with Crippen molar-refractivity contribution in [1.29, 1.82) is 0 Å². The number of hydrogen-bond donors (Lipinski definition) is 1. The lowest BCUT2D eigenvalue weighted by molar-refractivity contribution is -0.0538. The molecule has 4 heterocycles. The summed E-state index contributed by atoms with van der Waals surface area (Å²) in [5, 5.41) is 0. The third-order valence-corrected chi connectivity index (χ3v) is 8.21. The van der Waals surface area contributed by atoms with Gasteiger partial charge in [0, 0.05) is 32.0 Å². The SMILES string of the molecule is CC[C@H]1O[C@@H](n2ccc(=O)[nH]c2=O)C(OC)[C@H]1O[P@@]1O[C@H](c2ccccc2)[C@@H]2CCCN21. The Bertz CT molecular complexity index is 1050. The van der Waals surface area contributed by atoms with Crippen LogP contribution in [0.25, 0.3) is 0 Å². The van der Waals surface area contributed by atoms with Gasteiger partial charge >= 0.3 is 5.69 Å². The Kier molecular flexibility index (Phi) is 6.29. The van der Waals surface area contributed by atoms with Crippen LogP contribution in [0.2, 0.25) is 0 Å². The molecule has 3 aliphatic heterocycles. The lowest BCUT2D eigenvalue weighted by Gasteiger charge is -2.28. The number of rotatable bonds is 6. The zero-order valence-electron chi connectivity index (χ0n) is 18.1. The molecule has 3 saturated heterocycles. The Morgan fingerprint density at radius 2 is 2.00 bits per heavy atom. The van der Waals surface area contributed by atoms with E-state index < -0.39 is 38.2 Å². The monoisotopic (exact) mass is 461 g/mol. The predicted molar refractivity (Wildman–Crippen MR) is 118 cm³/mol.